The summed E-state index contributed by atoms with van der Waals surface area (Å²) in [7, 11) is 0. The van der Waals surface area contributed by atoms with Crippen molar-refractivity contribution in [2.24, 2.45) is 10.8 Å². The largest absolute Gasteiger partial charge is 0.444 e. The Balaban J connectivity index is 0.000000130. The first kappa shape index (κ1) is 68.8. The zero-order valence-electron chi connectivity index (χ0n) is 51.5. The number of rotatable bonds is 11. The van der Waals surface area contributed by atoms with E-state index in [-0.39, 0.29) is 33.2 Å². The number of pyridine rings is 5. The lowest BCUT2D eigenvalue weighted by Crippen LogP contribution is -2.73. The van der Waals surface area contributed by atoms with Crippen LogP contribution >= 0.6 is 91.5 Å². The number of amides is 1. The molecule has 486 valence electrons. The Labute approximate surface area is 563 Å². The van der Waals surface area contributed by atoms with Gasteiger partial charge in [0.2, 0.25) is 0 Å². The minimum atomic E-state index is -2.57. The second-order valence-corrected chi connectivity index (χ2v) is 30.6. The molecule has 10 aromatic heterocycles. The van der Waals surface area contributed by atoms with Crippen LogP contribution in [-0.4, -0.2) is 100 Å². The van der Waals surface area contributed by atoms with Gasteiger partial charge >= 0.3 is 6.09 Å². The van der Waals surface area contributed by atoms with Gasteiger partial charge in [0.25, 0.3) is 19.3 Å². The molecule has 14 rings (SSSR count). The van der Waals surface area contributed by atoms with Crippen LogP contribution in [0.15, 0.2) is 61.3 Å². The van der Waals surface area contributed by atoms with Crippen LogP contribution in [0.4, 0.5) is 42.5 Å². The van der Waals surface area contributed by atoms with Crippen LogP contribution in [0.1, 0.15) is 132 Å². The van der Waals surface area contributed by atoms with E-state index in [0.29, 0.717) is 69.5 Å². The van der Waals surface area contributed by atoms with E-state index in [4.69, 9.17) is 44.8 Å². The molecule has 4 fully saturated rings. The number of halogens is 9. The van der Waals surface area contributed by atoms with Gasteiger partial charge in [0, 0.05) is 145 Å². The molecule has 1 amide bonds. The number of aryl methyl sites for hydroxylation is 5. The maximum Gasteiger partial charge on any atom is 0.410 e. The number of ether oxygens (including phenoxy) is 1. The number of anilines is 2. The number of nitrogens with one attached hydrogen (secondary N) is 1. The van der Waals surface area contributed by atoms with Gasteiger partial charge in [-0.15, -0.1) is 56.7 Å². The number of carbonyl (C=O) groups excluding carboxylic acids is 2. The lowest BCUT2D eigenvalue weighted by atomic mass is 9.72. The first-order chi connectivity index (χ1) is 43.9. The quantitative estimate of drug-likeness (QED) is 0.0968. The summed E-state index contributed by atoms with van der Waals surface area (Å²) in [5, 5.41) is 17.4. The lowest BCUT2D eigenvalue weighted by molar-refractivity contribution is -0.0453. The molecule has 0 bridgehead atoms. The Kier molecular flexibility index (Phi) is 21.3. The van der Waals surface area contributed by atoms with E-state index < -0.39 is 24.9 Å². The number of aldehydes is 1. The van der Waals surface area contributed by atoms with Gasteiger partial charge in [-0.2, -0.15) is 5.26 Å². The second-order valence-electron chi connectivity index (χ2n) is 23.9. The van der Waals surface area contributed by atoms with Gasteiger partial charge in [-0.25, -0.2) is 56.1 Å². The van der Waals surface area contributed by atoms with Crippen molar-refractivity contribution in [1.82, 2.24) is 35.1 Å². The fraction of sp³-hybridized carbons (Fsp3) is 0.415. The Morgan fingerprint density at radius 2 is 0.924 bits per heavy atom. The topological polar surface area (TPSA) is 153 Å². The maximum absolute atomic E-state index is 13.6. The standard InChI is InChI=1S/C20H25F2N3O2S.C15H17F2N3S.C10H8ClF2NS.C10H7ClN2S.C10H8ClNOS/c1-5-12-6-13-15(14(16(21)22)7-23-17(13)28-12)24-8-20(9-24)10-25(11-20)18(26)27-19(2,3)4;1-2-9-3-10-12(20-7-15(8-20)5-18-6-15)11(13(16)17)4-19-14(10)21-9;1-2-5-3-6-8(11)7(9(12)13)4-14-10(6)15-5;1-2-7-3-8-9(11)6(4-12)5-13-10(8)14-7;1-2-7-3-8-9(11)6(5-13)4-12-10(8)14-7/h6-7,16H,5,8-11H2,1-4H3;3-4,13,18H,2,5-8H2,1H3;3-4,9H,2H2,1H3;3,5H,2H2,1H3;3-5H,2H2,1H3. The van der Waals surface area contributed by atoms with E-state index >= 15 is 0 Å². The molecule has 4 saturated heterocycles. The van der Waals surface area contributed by atoms with Crippen molar-refractivity contribution < 1.29 is 40.7 Å². The van der Waals surface area contributed by atoms with Gasteiger partial charge in [-0.1, -0.05) is 69.4 Å². The number of alkyl halides is 6. The number of fused-ring (bicyclic) bond motifs is 5. The van der Waals surface area contributed by atoms with E-state index in [2.05, 4.69) is 62.8 Å². The number of thiophene rings is 5. The Hall–Kier alpha value is -6.01. The smallest absolute Gasteiger partial charge is 0.410 e. The first-order valence-corrected chi connectivity index (χ1v) is 35.0. The van der Waals surface area contributed by atoms with Crippen LogP contribution in [0.3, 0.4) is 0 Å². The van der Waals surface area contributed by atoms with Crippen molar-refractivity contribution in [3.8, 4) is 6.07 Å². The van der Waals surface area contributed by atoms with E-state index in [1.54, 1.807) is 50.2 Å². The zero-order chi connectivity index (χ0) is 66.1. The zero-order valence-corrected chi connectivity index (χ0v) is 57.8. The van der Waals surface area contributed by atoms with E-state index in [0.717, 1.165) is 126 Å². The third-order valence-electron chi connectivity index (χ3n) is 16.1. The van der Waals surface area contributed by atoms with Crippen LogP contribution in [0, 0.1) is 22.2 Å². The Morgan fingerprint density at radius 3 is 1.29 bits per heavy atom. The maximum atomic E-state index is 13.6. The van der Waals surface area contributed by atoms with E-state index in [1.165, 1.54) is 50.8 Å². The van der Waals surface area contributed by atoms with Crippen molar-refractivity contribution in [2.45, 2.75) is 112 Å². The number of nitriles is 1. The van der Waals surface area contributed by atoms with Gasteiger partial charge in [0.05, 0.1) is 54.3 Å². The molecule has 0 radical (unpaired) electrons. The highest BCUT2D eigenvalue weighted by Crippen LogP contribution is 2.49. The summed E-state index contributed by atoms with van der Waals surface area (Å²) in [6.45, 7) is 22.2. The van der Waals surface area contributed by atoms with Crippen molar-refractivity contribution in [3.63, 3.8) is 0 Å². The average molecular weight is 1410 g/mol. The fourth-order valence-corrected chi connectivity index (χ4v) is 16.9. The van der Waals surface area contributed by atoms with E-state index in [9.17, 15) is 35.9 Å². The van der Waals surface area contributed by atoms with Crippen LogP contribution < -0.4 is 15.1 Å². The van der Waals surface area contributed by atoms with Crippen LogP contribution in [0.5, 0.6) is 0 Å². The molecule has 0 aliphatic carbocycles. The average Bonchev–Trinajstić information content (AvgIpc) is 0.812. The van der Waals surface area contributed by atoms with Crippen LogP contribution in [-0.2, 0) is 36.8 Å². The summed E-state index contributed by atoms with van der Waals surface area (Å²) in [6.07, 6.45) is 4.29. The molecular formula is C65H65Cl3F6N10O3S5. The molecule has 4 aliphatic rings. The number of carbonyl (C=O) groups is 2. The first-order valence-electron chi connectivity index (χ1n) is 29.8. The Morgan fingerprint density at radius 1 is 0.565 bits per heavy atom. The normalized spacial score (nSPS) is 15.3. The SMILES string of the molecule is CCc1cc2c(Cl)c(C#N)cnc2s1.CCc1cc2c(Cl)c(C(F)F)cnc2s1.CCc1cc2c(Cl)c(C=O)cnc2s1.CCc1cc2c(N3CC4(CN(C(=O)OC(C)(C)C)C4)C3)c(C(F)F)cnc2s1.CCc1cc2c(N3CC4(CNC4)C3)c(C(F)F)cnc2s1. The predicted octanol–water partition coefficient (Wildman–Crippen LogP) is 19.2. The third kappa shape index (κ3) is 14.5. The molecule has 13 nitrogen and oxygen atoms in total. The molecule has 14 heterocycles. The van der Waals surface area contributed by atoms with Gasteiger partial charge < -0.3 is 24.8 Å². The van der Waals surface area contributed by atoms with Crippen LogP contribution in [0.25, 0.3) is 51.1 Å². The highest BCUT2D eigenvalue weighted by atomic mass is 35.5. The highest BCUT2D eigenvalue weighted by Gasteiger charge is 2.55. The van der Waals surface area contributed by atoms with Crippen molar-refractivity contribution in [3.05, 3.63) is 129 Å². The van der Waals surface area contributed by atoms with Crippen molar-refractivity contribution >= 4 is 166 Å². The summed E-state index contributed by atoms with van der Waals surface area (Å²) in [6, 6.07) is 11.9. The summed E-state index contributed by atoms with van der Waals surface area (Å²) < 4.78 is 84.5. The Bertz CT molecular complexity index is 4380. The minimum Gasteiger partial charge on any atom is -0.444 e. The molecular weight excluding hydrogens is 1350 g/mol. The monoisotopic (exact) mass is 1410 g/mol. The molecule has 0 aromatic carbocycles. The third-order valence-corrected chi connectivity index (χ3v) is 23.2. The number of hydrogen-bond acceptors (Lipinski definition) is 17. The molecule has 92 heavy (non-hydrogen) atoms. The molecule has 10 aromatic rings. The van der Waals surface area contributed by atoms with Crippen LogP contribution in [0.2, 0.25) is 15.1 Å². The van der Waals surface area contributed by atoms with Gasteiger partial charge in [0.15, 0.2) is 6.29 Å². The number of hydrogen-bond donors (Lipinski definition) is 1. The predicted molar refractivity (Wildman–Crippen MR) is 365 cm³/mol. The molecule has 0 atom stereocenters. The molecule has 1 N–H and O–H groups in total. The summed E-state index contributed by atoms with van der Waals surface area (Å²) in [4.78, 5) is 59.6. The fourth-order valence-electron chi connectivity index (χ4n) is 11.3. The van der Waals surface area contributed by atoms with Gasteiger partial charge in [0.1, 0.15) is 35.8 Å². The van der Waals surface area contributed by atoms with Crippen molar-refractivity contribution in [2.75, 3.05) is 62.2 Å². The molecule has 0 unspecified atom stereocenters. The van der Waals surface area contributed by atoms with Gasteiger partial charge in [-0.3, -0.25) is 4.79 Å². The number of nitrogens with zero attached hydrogens (tertiary/aromatic N) is 9. The molecule has 4 aliphatic heterocycles. The van der Waals surface area contributed by atoms with E-state index in [1.807, 2.05) is 69.0 Å². The summed E-state index contributed by atoms with van der Waals surface area (Å²) in [5.74, 6) is 0. The summed E-state index contributed by atoms with van der Waals surface area (Å²) in [5.41, 5.74) is 1.88. The highest BCUT2D eigenvalue weighted by molar-refractivity contribution is 7.20. The lowest BCUT2D eigenvalue weighted by Gasteiger charge is -2.60. The molecule has 27 heteroatoms. The molecule has 0 saturated carbocycles. The number of aromatic nitrogens is 5. The minimum absolute atomic E-state index is 0.00822. The number of likely N-dealkylation sites (tertiary alicyclic amines) is 1. The van der Waals surface area contributed by atoms with Crippen molar-refractivity contribution in [1.29, 1.82) is 5.26 Å². The second kappa shape index (κ2) is 28.5. The molecule has 2 spiro atoms. The van der Waals surface area contributed by atoms with Gasteiger partial charge in [-0.05, 0) is 83.2 Å². The summed E-state index contributed by atoms with van der Waals surface area (Å²) >= 11 is 25.9.